The topological polar surface area (TPSA) is 58.4 Å². The van der Waals surface area contributed by atoms with Gasteiger partial charge in [-0.1, -0.05) is 12.0 Å². The molecule has 1 unspecified atom stereocenters. The summed E-state index contributed by atoms with van der Waals surface area (Å²) >= 11 is 0. The van der Waals surface area contributed by atoms with Crippen LogP contribution in [0.4, 0.5) is 0 Å². The maximum absolute atomic E-state index is 9.59. The number of aliphatic hydroxyl groups excluding tert-OH is 1. The lowest BCUT2D eigenvalue weighted by Gasteiger charge is -2.48. The van der Waals surface area contributed by atoms with Crippen LogP contribution in [0.5, 0.6) is 0 Å². The number of aliphatic hydroxyl groups is 1. The normalized spacial score (nSPS) is 27.0. The molecule has 1 saturated heterocycles. The van der Waals surface area contributed by atoms with Crippen LogP contribution in [0.3, 0.4) is 0 Å². The summed E-state index contributed by atoms with van der Waals surface area (Å²) in [6.45, 7) is 11.1. The molecule has 0 bridgehead atoms. The lowest BCUT2D eigenvalue weighted by molar-refractivity contribution is -0.246. The predicted molar refractivity (Wildman–Crippen MR) is 70.9 cm³/mol. The van der Waals surface area contributed by atoms with E-state index in [1.54, 1.807) is 5.06 Å². The second-order valence-corrected chi connectivity index (χ2v) is 6.54. The van der Waals surface area contributed by atoms with E-state index < -0.39 is 0 Å². The number of hydrogen-bond donors (Lipinski definition) is 2. The minimum Gasteiger partial charge on any atom is -0.392 e. The molecule has 1 rings (SSSR count). The summed E-state index contributed by atoms with van der Waals surface area (Å²) in [6, 6.07) is 0.391. The van der Waals surface area contributed by atoms with Gasteiger partial charge in [0.1, 0.15) is 0 Å². The fourth-order valence-electron chi connectivity index (χ4n) is 2.87. The quantitative estimate of drug-likeness (QED) is 0.727. The molecule has 1 aliphatic heterocycles. The number of rotatable bonds is 4. The first-order valence-corrected chi connectivity index (χ1v) is 6.62. The summed E-state index contributed by atoms with van der Waals surface area (Å²) in [6.07, 6.45) is 2.44. The Kier molecular flexibility index (Phi) is 4.58. The van der Waals surface area contributed by atoms with Gasteiger partial charge in [-0.05, 0) is 47.0 Å². The SMILES string of the molecule is CCC(O)CNC1CC(C)(C)N([OH2+])C(C)(C)C1. The first-order valence-electron chi connectivity index (χ1n) is 6.62. The molecule has 1 heterocycles. The summed E-state index contributed by atoms with van der Waals surface area (Å²) in [4.78, 5) is 0. The average Bonchev–Trinajstić information content (AvgIpc) is 2.21. The lowest BCUT2D eigenvalue weighted by Crippen LogP contribution is -2.62. The summed E-state index contributed by atoms with van der Waals surface area (Å²) < 4.78 is 0. The van der Waals surface area contributed by atoms with Gasteiger partial charge in [-0.2, -0.15) is 0 Å². The Morgan fingerprint density at radius 3 is 2.18 bits per heavy atom. The van der Waals surface area contributed by atoms with E-state index in [-0.39, 0.29) is 17.2 Å². The molecule has 0 saturated carbocycles. The van der Waals surface area contributed by atoms with Gasteiger partial charge in [0.25, 0.3) is 0 Å². The highest BCUT2D eigenvalue weighted by Gasteiger charge is 2.48. The minimum atomic E-state index is -0.254. The van der Waals surface area contributed by atoms with E-state index >= 15 is 0 Å². The van der Waals surface area contributed by atoms with Gasteiger partial charge >= 0.3 is 0 Å². The molecule has 0 aromatic rings. The number of hydroxylamine groups is 2. The van der Waals surface area contributed by atoms with Crippen LogP contribution in [0.25, 0.3) is 0 Å². The number of piperidine rings is 1. The van der Waals surface area contributed by atoms with Crippen LogP contribution in [0, 0.1) is 0 Å². The molecule has 0 spiro atoms. The first-order chi connectivity index (χ1) is 7.69. The Balaban J connectivity index is 2.59. The third-order valence-corrected chi connectivity index (χ3v) is 3.82. The van der Waals surface area contributed by atoms with Gasteiger partial charge in [-0.25, -0.2) is 0 Å². The molecule has 1 aliphatic rings. The van der Waals surface area contributed by atoms with Gasteiger partial charge in [0.05, 0.1) is 17.2 Å². The number of nitrogens with one attached hydrogen (secondary N) is 1. The Morgan fingerprint density at radius 2 is 1.76 bits per heavy atom. The second kappa shape index (κ2) is 5.22. The minimum absolute atomic E-state index is 0.115. The molecule has 0 aromatic heterocycles. The molecule has 0 aromatic carbocycles. The third kappa shape index (κ3) is 3.65. The van der Waals surface area contributed by atoms with E-state index in [4.69, 9.17) is 5.21 Å². The maximum Gasteiger partial charge on any atom is 0.0849 e. The molecule has 102 valence electrons. The van der Waals surface area contributed by atoms with E-state index in [0.29, 0.717) is 12.6 Å². The highest BCUT2D eigenvalue weighted by molar-refractivity contribution is 4.98. The fourth-order valence-corrected chi connectivity index (χ4v) is 2.87. The Labute approximate surface area is 105 Å². The van der Waals surface area contributed by atoms with Crippen LogP contribution in [-0.2, 0) is 0 Å². The summed E-state index contributed by atoms with van der Waals surface area (Å²) in [5.74, 6) is 0. The van der Waals surface area contributed by atoms with E-state index in [1.807, 2.05) is 6.92 Å². The molecule has 17 heavy (non-hydrogen) atoms. The molecule has 4 nitrogen and oxygen atoms in total. The highest BCUT2D eigenvalue weighted by Crippen LogP contribution is 2.36. The lowest BCUT2D eigenvalue weighted by atomic mass is 9.79. The van der Waals surface area contributed by atoms with Crippen molar-refractivity contribution in [2.45, 2.75) is 77.1 Å². The molecule has 1 atom stereocenters. The standard InChI is InChI=1S/C13H28N2O2/c1-6-11(16)9-14-10-7-12(2,3)15(17)13(4,5)8-10/h10-11,14,16-17H,6-9H2,1-5H3/p+1. The van der Waals surface area contributed by atoms with Gasteiger partial charge < -0.3 is 15.6 Å². The molecule has 4 N–H and O–H groups in total. The van der Waals surface area contributed by atoms with Gasteiger partial charge in [-0.3, -0.25) is 0 Å². The van der Waals surface area contributed by atoms with Crippen molar-refractivity contribution in [3.63, 3.8) is 0 Å². The van der Waals surface area contributed by atoms with Crippen molar-refractivity contribution in [3.8, 4) is 0 Å². The first kappa shape index (κ1) is 14.9. The average molecular weight is 245 g/mol. The van der Waals surface area contributed by atoms with Crippen LogP contribution in [0.1, 0.15) is 53.9 Å². The van der Waals surface area contributed by atoms with Gasteiger partial charge in [0, 0.05) is 12.6 Å². The second-order valence-electron chi connectivity index (χ2n) is 6.54. The van der Waals surface area contributed by atoms with Crippen LogP contribution in [0.15, 0.2) is 0 Å². The third-order valence-electron chi connectivity index (χ3n) is 3.82. The zero-order valence-corrected chi connectivity index (χ0v) is 11.9. The van der Waals surface area contributed by atoms with E-state index in [1.165, 1.54) is 0 Å². The predicted octanol–water partition coefficient (Wildman–Crippen LogP) is 1.01. The summed E-state index contributed by atoms with van der Waals surface area (Å²) in [5.41, 5.74) is -0.229. The van der Waals surface area contributed by atoms with E-state index in [0.717, 1.165) is 19.3 Å². The zero-order chi connectivity index (χ0) is 13.3. The van der Waals surface area contributed by atoms with E-state index in [9.17, 15) is 5.11 Å². The van der Waals surface area contributed by atoms with Crippen LogP contribution in [-0.4, -0.2) is 45.1 Å². The Bertz CT molecular complexity index is 236. The fraction of sp³-hybridized carbons (Fsp3) is 1.00. The van der Waals surface area contributed by atoms with Crippen molar-refractivity contribution in [3.05, 3.63) is 0 Å². The highest BCUT2D eigenvalue weighted by atomic mass is 16.5. The molecule has 4 heteroatoms. The van der Waals surface area contributed by atoms with Crippen LogP contribution in [0.2, 0.25) is 0 Å². The molecular weight excluding hydrogens is 216 g/mol. The van der Waals surface area contributed by atoms with Crippen molar-refractivity contribution >= 4 is 0 Å². The Morgan fingerprint density at radius 1 is 1.29 bits per heavy atom. The maximum atomic E-state index is 9.59. The van der Waals surface area contributed by atoms with Crippen LogP contribution < -0.4 is 5.32 Å². The van der Waals surface area contributed by atoms with Crippen molar-refractivity contribution in [2.24, 2.45) is 0 Å². The van der Waals surface area contributed by atoms with E-state index in [2.05, 4.69) is 33.0 Å². The molecule has 0 amide bonds. The van der Waals surface area contributed by atoms with Gasteiger partial charge in [0.15, 0.2) is 0 Å². The van der Waals surface area contributed by atoms with Crippen molar-refractivity contribution in [1.82, 2.24) is 10.4 Å². The monoisotopic (exact) mass is 245 g/mol. The summed E-state index contributed by atoms with van der Waals surface area (Å²) in [7, 11) is 0. The Hall–Kier alpha value is -0.160. The molecular formula is C13H29N2O2+. The molecule has 1 fully saturated rings. The number of hydrogen-bond acceptors (Lipinski definition) is 3. The van der Waals surface area contributed by atoms with Crippen molar-refractivity contribution in [1.29, 1.82) is 0 Å². The van der Waals surface area contributed by atoms with Gasteiger partial charge in [-0.15, -0.1) is 0 Å². The molecule has 0 aliphatic carbocycles. The van der Waals surface area contributed by atoms with Crippen LogP contribution >= 0.6 is 0 Å². The number of nitrogens with zero attached hydrogens (tertiary/aromatic N) is 1. The van der Waals surface area contributed by atoms with Crippen molar-refractivity contribution in [2.75, 3.05) is 6.54 Å². The summed E-state index contributed by atoms with van der Waals surface area (Å²) in [5, 5.41) is 22.9. The zero-order valence-electron chi connectivity index (χ0n) is 11.9. The molecule has 0 radical (unpaired) electrons. The van der Waals surface area contributed by atoms with Gasteiger partial charge in [0.2, 0.25) is 0 Å². The largest absolute Gasteiger partial charge is 0.392 e. The smallest absolute Gasteiger partial charge is 0.0849 e. The van der Waals surface area contributed by atoms with Crippen molar-refractivity contribution < 1.29 is 10.3 Å².